The number of amides is 1. The molecular formula is C15H22ClN3O3. The van der Waals surface area contributed by atoms with Crippen molar-refractivity contribution in [1.82, 2.24) is 14.9 Å². The maximum Gasteiger partial charge on any atom is 0.410 e. The molecule has 7 heteroatoms. The van der Waals surface area contributed by atoms with E-state index in [0.717, 1.165) is 18.4 Å². The lowest BCUT2D eigenvalue weighted by Gasteiger charge is -2.33. The van der Waals surface area contributed by atoms with Gasteiger partial charge in [-0.3, -0.25) is 0 Å². The molecule has 0 N–H and O–H groups in total. The molecule has 1 aliphatic rings. The number of ether oxygens (including phenoxy) is 2. The summed E-state index contributed by atoms with van der Waals surface area (Å²) in [4.78, 5) is 22.0. The molecule has 0 aliphatic carbocycles. The van der Waals surface area contributed by atoms with Crippen molar-refractivity contribution in [2.45, 2.75) is 52.2 Å². The van der Waals surface area contributed by atoms with Gasteiger partial charge >= 0.3 is 12.1 Å². The summed E-state index contributed by atoms with van der Waals surface area (Å²) in [6.07, 6.45) is 2.85. The average Bonchev–Trinajstić information content (AvgIpc) is 2.41. The fraction of sp³-hybridized carbons (Fsp3) is 0.667. The van der Waals surface area contributed by atoms with E-state index in [1.165, 1.54) is 0 Å². The summed E-state index contributed by atoms with van der Waals surface area (Å²) in [7, 11) is 0. The van der Waals surface area contributed by atoms with Crippen LogP contribution in [0.5, 0.6) is 6.01 Å². The lowest BCUT2D eigenvalue weighted by atomic mass is 10.1. The molecule has 1 fully saturated rings. The summed E-state index contributed by atoms with van der Waals surface area (Å²) in [5, 5.41) is 0.379. The third-order valence-corrected chi connectivity index (χ3v) is 3.57. The molecule has 0 saturated carbocycles. The molecule has 6 nitrogen and oxygen atoms in total. The average molecular weight is 328 g/mol. The van der Waals surface area contributed by atoms with Gasteiger partial charge in [0.25, 0.3) is 0 Å². The Bertz CT molecular complexity index is 545. The van der Waals surface area contributed by atoms with Gasteiger partial charge in [-0.1, -0.05) is 11.6 Å². The highest BCUT2D eigenvalue weighted by Crippen LogP contribution is 2.20. The van der Waals surface area contributed by atoms with E-state index in [1.54, 1.807) is 11.1 Å². The first-order chi connectivity index (χ1) is 10.2. The van der Waals surface area contributed by atoms with Gasteiger partial charge in [0, 0.05) is 18.3 Å². The van der Waals surface area contributed by atoms with E-state index < -0.39 is 5.60 Å². The number of nitrogens with zero attached hydrogens (tertiary/aromatic N) is 3. The quantitative estimate of drug-likeness (QED) is 0.780. The van der Waals surface area contributed by atoms with E-state index in [9.17, 15) is 4.79 Å². The number of hydrogen-bond acceptors (Lipinski definition) is 5. The van der Waals surface area contributed by atoms with Crippen LogP contribution in [0.25, 0.3) is 0 Å². The van der Waals surface area contributed by atoms with Crippen molar-refractivity contribution in [3.63, 3.8) is 0 Å². The predicted octanol–water partition coefficient (Wildman–Crippen LogP) is 3.22. The van der Waals surface area contributed by atoms with E-state index >= 15 is 0 Å². The zero-order valence-electron chi connectivity index (χ0n) is 13.4. The lowest BCUT2D eigenvalue weighted by Crippen LogP contribution is -2.46. The molecule has 2 heterocycles. The second kappa shape index (κ2) is 6.69. The zero-order chi connectivity index (χ0) is 16.3. The number of halogens is 1. The van der Waals surface area contributed by atoms with Gasteiger partial charge in [-0.05, 0) is 40.5 Å². The van der Waals surface area contributed by atoms with Gasteiger partial charge in [-0.15, -0.1) is 0 Å². The van der Waals surface area contributed by atoms with Crippen molar-refractivity contribution in [1.29, 1.82) is 0 Å². The lowest BCUT2D eigenvalue weighted by molar-refractivity contribution is 0.00660. The molecule has 0 spiro atoms. The molecule has 1 aromatic rings. The number of piperidine rings is 1. The molecule has 1 amide bonds. The minimum atomic E-state index is -0.502. The molecule has 122 valence electrons. The van der Waals surface area contributed by atoms with Crippen molar-refractivity contribution in [2.24, 2.45) is 0 Å². The van der Waals surface area contributed by atoms with Crippen LogP contribution in [0.4, 0.5) is 4.79 Å². The standard InChI is InChI=1S/C15H22ClN3O3/c1-10-8-17-13(18-12(10)16)21-11-6-5-7-19(9-11)14(20)22-15(2,3)4/h8,11H,5-7,9H2,1-4H3/t11-/m0/s1. The molecule has 22 heavy (non-hydrogen) atoms. The third-order valence-electron chi connectivity index (χ3n) is 3.19. The fourth-order valence-corrected chi connectivity index (χ4v) is 2.26. The Morgan fingerprint density at radius 2 is 2.18 bits per heavy atom. The summed E-state index contributed by atoms with van der Waals surface area (Å²) < 4.78 is 11.1. The smallest absolute Gasteiger partial charge is 0.410 e. The van der Waals surface area contributed by atoms with Crippen LogP contribution in [-0.4, -0.2) is 45.8 Å². The van der Waals surface area contributed by atoms with Gasteiger partial charge in [0.1, 0.15) is 16.9 Å². The van der Waals surface area contributed by atoms with Crippen LogP contribution in [0.3, 0.4) is 0 Å². The second-order valence-corrected chi connectivity index (χ2v) is 6.79. The first-order valence-corrected chi connectivity index (χ1v) is 7.76. The maximum absolute atomic E-state index is 12.1. The van der Waals surface area contributed by atoms with Crippen molar-refractivity contribution < 1.29 is 14.3 Å². The van der Waals surface area contributed by atoms with E-state index in [4.69, 9.17) is 21.1 Å². The highest BCUT2D eigenvalue weighted by atomic mass is 35.5. The normalized spacial score (nSPS) is 19.0. The number of aryl methyl sites for hydroxylation is 1. The molecular weight excluding hydrogens is 306 g/mol. The Morgan fingerprint density at radius 3 is 2.82 bits per heavy atom. The van der Waals surface area contributed by atoms with Gasteiger partial charge in [0.2, 0.25) is 0 Å². The largest absolute Gasteiger partial charge is 0.458 e. The number of hydrogen-bond donors (Lipinski definition) is 0. The summed E-state index contributed by atoms with van der Waals surface area (Å²) in [6.45, 7) is 8.52. The van der Waals surface area contributed by atoms with Crippen molar-refractivity contribution in [3.8, 4) is 6.01 Å². The highest BCUT2D eigenvalue weighted by molar-refractivity contribution is 6.30. The number of aromatic nitrogens is 2. The molecule has 1 atom stereocenters. The minimum absolute atomic E-state index is 0.153. The van der Waals surface area contributed by atoms with E-state index in [2.05, 4.69) is 9.97 Å². The molecule has 1 aromatic heterocycles. The first-order valence-electron chi connectivity index (χ1n) is 7.38. The number of likely N-dealkylation sites (tertiary alicyclic amines) is 1. The van der Waals surface area contributed by atoms with Gasteiger partial charge in [-0.25, -0.2) is 9.78 Å². The van der Waals surface area contributed by atoms with Crippen molar-refractivity contribution in [3.05, 3.63) is 16.9 Å². The van der Waals surface area contributed by atoms with Gasteiger partial charge < -0.3 is 14.4 Å². The van der Waals surface area contributed by atoms with Crippen LogP contribution >= 0.6 is 11.6 Å². The maximum atomic E-state index is 12.1. The topological polar surface area (TPSA) is 64.5 Å². The molecule has 0 unspecified atom stereocenters. The molecule has 1 saturated heterocycles. The van der Waals surface area contributed by atoms with Crippen LogP contribution in [0.1, 0.15) is 39.2 Å². The first kappa shape index (κ1) is 16.8. The molecule has 2 rings (SSSR count). The summed E-state index contributed by atoms with van der Waals surface area (Å²) in [5.74, 6) is 0. The molecule has 0 bridgehead atoms. The fourth-order valence-electron chi connectivity index (χ4n) is 2.14. The van der Waals surface area contributed by atoms with E-state index in [1.807, 2.05) is 27.7 Å². The van der Waals surface area contributed by atoms with E-state index in [-0.39, 0.29) is 18.2 Å². The Balaban J connectivity index is 1.95. The van der Waals surface area contributed by atoms with Crippen LogP contribution < -0.4 is 4.74 Å². The second-order valence-electron chi connectivity index (χ2n) is 6.43. The zero-order valence-corrected chi connectivity index (χ0v) is 14.2. The van der Waals surface area contributed by atoms with Gasteiger partial charge in [0.05, 0.1) is 6.54 Å². The number of rotatable bonds is 2. The number of carbonyl (C=O) groups excluding carboxylic acids is 1. The Kier molecular flexibility index (Phi) is 5.11. The monoisotopic (exact) mass is 327 g/mol. The summed E-state index contributed by atoms with van der Waals surface area (Å²) >= 11 is 5.97. The van der Waals surface area contributed by atoms with Crippen LogP contribution in [0.2, 0.25) is 5.15 Å². The summed E-state index contributed by atoms with van der Waals surface area (Å²) in [6, 6.07) is 0.242. The van der Waals surface area contributed by atoms with Crippen LogP contribution in [0.15, 0.2) is 6.20 Å². The third kappa shape index (κ3) is 4.73. The minimum Gasteiger partial charge on any atom is -0.458 e. The predicted molar refractivity (Wildman–Crippen MR) is 83.2 cm³/mol. The van der Waals surface area contributed by atoms with Gasteiger partial charge in [0.15, 0.2) is 0 Å². The summed E-state index contributed by atoms with van der Waals surface area (Å²) in [5.41, 5.74) is 0.298. The Morgan fingerprint density at radius 1 is 1.45 bits per heavy atom. The van der Waals surface area contributed by atoms with Crippen molar-refractivity contribution in [2.75, 3.05) is 13.1 Å². The van der Waals surface area contributed by atoms with Crippen molar-refractivity contribution >= 4 is 17.7 Å². The van der Waals surface area contributed by atoms with Crippen LogP contribution in [-0.2, 0) is 4.74 Å². The highest BCUT2D eigenvalue weighted by Gasteiger charge is 2.29. The van der Waals surface area contributed by atoms with E-state index in [0.29, 0.717) is 18.2 Å². The molecule has 0 aromatic carbocycles. The van der Waals surface area contributed by atoms with Crippen LogP contribution in [0, 0.1) is 6.92 Å². The molecule has 1 aliphatic heterocycles. The molecule has 0 radical (unpaired) electrons. The van der Waals surface area contributed by atoms with Gasteiger partial charge in [-0.2, -0.15) is 4.98 Å². The SMILES string of the molecule is Cc1cnc(O[C@H]2CCCN(C(=O)OC(C)(C)C)C2)nc1Cl. The Hall–Kier alpha value is -1.56. The number of carbonyl (C=O) groups is 1. The Labute approximate surface area is 135 Å².